The van der Waals surface area contributed by atoms with Crippen LogP contribution in [0.4, 0.5) is 0 Å². The molecule has 2 rings (SSSR count). The normalized spacial score (nSPS) is 20.1. The number of ether oxygens (including phenoxy) is 1. The van der Waals surface area contributed by atoms with Gasteiger partial charge in [0.1, 0.15) is 5.75 Å². The number of amides is 1. The maximum atomic E-state index is 11.3. The van der Waals surface area contributed by atoms with Crippen molar-refractivity contribution in [3.63, 3.8) is 0 Å². The molecule has 0 saturated carbocycles. The van der Waals surface area contributed by atoms with Gasteiger partial charge in [0, 0.05) is 25.6 Å². The number of carbonyl (C=O) groups is 1. The first-order valence-corrected chi connectivity index (χ1v) is 6.41. The molecule has 0 aromatic heterocycles. The SMILES string of the molecule is CCc1cc(C2CNC(=O)CCN2)ccc1OC. The third kappa shape index (κ3) is 2.82. The number of hydrogen-bond donors (Lipinski definition) is 2. The molecule has 1 fully saturated rings. The maximum absolute atomic E-state index is 11.3. The average Bonchev–Trinajstić information content (AvgIpc) is 2.62. The van der Waals surface area contributed by atoms with Gasteiger partial charge in [-0.3, -0.25) is 4.79 Å². The minimum Gasteiger partial charge on any atom is -0.496 e. The van der Waals surface area contributed by atoms with Crippen LogP contribution < -0.4 is 15.4 Å². The van der Waals surface area contributed by atoms with Crippen molar-refractivity contribution in [3.8, 4) is 5.75 Å². The van der Waals surface area contributed by atoms with Gasteiger partial charge in [0.15, 0.2) is 0 Å². The van der Waals surface area contributed by atoms with Gasteiger partial charge in [-0.05, 0) is 23.6 Å². The summed E-state index contributed by atoms with van der Waals surface area (Å²) in [5.74, 6) is 1.05. The lowest BCUT2D eigenvalue weighted by Crippen LogP contribution is -2.28. The van der Waals surface area contributed by atoms with Crippen LogP contribution in [-0.2, 0) is 11.2 Å². The van der Waals surface area contributed by atoms with Crippen molar-refractivity contribution in [2.75, 3.05) is 20.2 Å². The van der Waals surface area contributed by atoms with E-state index in [9.17, 15) is 4.79 Å². The first-order chi connectivity index (χ1) is 8.74. The fraction of sp³-hybridized carbons (Fsp3) is 0.500. The third-order valence-corrected chi connectivity index (χ3v) is 3.33. The molecule has 0 radical (unpaired) electrons. The lowest BCUT2D eigenvalue weighted by molar-refractivity contribution is -0.120. The maximum Gasteiger partial charge on any atom is 0.221 e. The molecule has 0 aliphatic carbocycles. The fourth-order valence-electron chi connectivity index (χ4n) is 2.26. The molecular formula is C14H20N2O2. The second kappa shape index (κ2) is 5.87. The van der Waals surface area contributed by atoms with Crippen LogP contribution in [0.5, 0.6) is 5.75 Å². The third-order valence-electron chi connectivity index (χ3n) is 3.33. The molecule has 4 heteroatoms. The molecule has 1 aromatic carbocycles. The molecule has 98 valence electrons. The highest BCUT2D eigenvalue weighted by Gasteiger charge is 2.17. The van der Waals surface area contributed by atoms with Gasteiger partial charge < -0.3 is 15.4 Å². The number of methoxy groups -OCH3 is 1. The van der Waals surface area contributed by atoms with Crippen molar-refractivity contribution in [3.05, 3.63) is 29.3 Å². The van der Waals surface area contributed by atoms with Gasteiger partial charge in [0.25, 0.3) is 0 Å². The van der Waals surface area contributed by atoms with E-state index in [0.717, 1.165) is 18.7 Å². The monoisotopic (exact) mass is 248 g/mol. The lowest BCUT2D eigenvalue weighted by Gasteiger charge is -2.18. The van der Waals surface area contributed by atoms with Crippen molar-refractivity contribution >= 4 is 5.91 Å². The molecule has 1 saturated heterocycles. The van der Waals surface area contributed by atoms with Crippen LogP contribution >= 0.6 is 0 Å². The minimum absolute atomic E-state index is 0.120. The number of hydrogen-bond acceptors (Lipinski definition) is 3. The first-order valence-electron chi connectivity index (χ1n) is 6.41. The molecule has 18 heavy (non-hydrogen) atoms. The second-order valence-corrected chi connectivity index (χ2v) is 4.49. The second-order valence-electron chi connectivity index (χ2n) is 4.49. The molecule has 1 heterocycles. The van der Waals surface area contributed by atoms with Crippen molar-refractivity contribution in [2.45, 2.75) is 25.8 Å². The van der Waals surface area contributed by atoms with Gasteiger partial charge in [-0.1, -0.05) is 19.1 Å². The number of benzene rings is 1. The van der Waals surface area contributed by atoms with Gasteiger partial charge in [0.05, 0.1) is 7.11 Å². The Balaban J connectivity index is 2.19. The Morgan fingerprint density at radius 3 is 3.00 bits per heavy atom. The summed E-state index contributed by atoms with van der Waals surface area (Å²) in [6, 6.07) is 6.41. The summed E-state index contributed by atoms with van der Waals surface area (Å²) < 4.78 is 5.33. The summed E-state index contributed by atoms with van der Waals surface area (Å²) in [6.45, 7) is 3.49. The predicted octanol–water partition coefficient (Wildman–Crippen LogP) is 1.41. The van der Waals surface area contributed by atoms with Crippen LogP contribution in [0.25, 0.3) is 0 Å². The van der Waals surface area contributed by atoms with Crippen molar-refractivity contribution in [1.82, 2.24) is 10.6 Å². The highest BCUT2D eigenvalue weighted by atomic mass is 16.5. The smallest absolute Gasteiger partial charge is 0.221 e. The van der Waals surface area contributed by atoms with Crippen LogP contribution in [0.2, 0.25) is 0 Å². The van der Waals surface area contributed by atoms with Crippen molar-refractivity contribution in [2.24, 2.45) is 0 Å². The highest BCUT2D eigenvalue weighted by Crippen LogP contribution is 2.24. The molecular weight excluding hydrogens is 228 g/mol. The van der Waals surface area contributed by atoms with E-state index in [2.05, 4.69) is 29.7 Å². The Morgan fingerprint density at radius 1 is 1.44 bits per heavy atom. The Labute approximate surface area is 108 Å². The average molecular weight is 248 g/mol. The molecule has 1 aliphatic heterocycles. The van der Waals surface area contributed by atoms with E-state index in [0.29, 0.717) is 13.0 Å². The number of nitrogens with one attached hydrogen (secondary N) is 2. The van der Waals surface area contributed by atoms with E-state index >= 15 is 0 Å². The number of aryl methyl sites for hydroxylation is 1. The highest BCUT2D eigenvalue weighted by molar-refractivity contribution is 5.76. The first kappa shape index (κ1) is 12.9. The van der Waals surface area contributed by atoms with Crippen molar-refractivity contribution in [1.29, 1.82) is 0 Å². The summed E-state index contributed by atoms with van der Waals surface area (Å²) in [4.78, 5) is 11.3. The van der Waals surface area contributed by atoms with Gasteiger partial charge in [-0.15, -0.1) is 0 Å². The Hall–Kier alpha value is -1.55. The predicted molar refractivity (Wildman–Crippen MR) is 70.7 cm³/mol. The quantitative estimate of drug-likeness (QED) is 0.850. The van der Waals surface area contributed by atoms with Crippen LogP contribution in [0.15, 0.2) is 18.2 Å². The van der Waals surface area contributed by atoms with Crippen LogP contribution in [0.3, 0.4) is 0 Å². The summed E-state index contributed by atoms with van der Waals surface area (Å²) in [5, 5.41) is 6.32. The zero-order valence-corrected chi connectivity index (χ0v) is 11.0. The van der Waals surface area contributed by atoms with E-state index in [4.69, 9.17) is 4.74 Å². The zero-order valence-electron chi connectivity index (χ0n) is 11.0. The van der Waals surface area contributed by atoms with Gasteiger partial charge in [0.2, 0.25) is 5.91 Å². The molecule has 4 nitrogen and oxygen atoms in total. The standard InChI is InChI=1S/C14H20N2O2/c1-3-10-8-11(4-5-13(10)18-2)12-9-16-14(17)6-7-15-12/h4-5,8,12,15H,3,6-7,9H2,1-2H3,(H,16,17). The van der Waals surface area contributed by atoms with E-state index in [-0.39, 0.29) is 11.9 Å². The summed E-state index contributed by atoms with van der Waals surface area (Å²) in [6.07, 6.45) is 1.49. The van der Waals surface area contributed by atoms with Crippen LogP contribution in [0, 0.1) is 0 Å². The minimum atomic E-state index is 0.120. The molecule has 1 atom stereocenters. The molecule has 1 aromatic rings. The largest absolute Gasteiger partial charge is 0.496 e. The fourth-order valence-corrected chi connectivity index (χ4v) is 2.26. The van der Waals surface area contributed by atoms with E-state index in [1.54, 1.807) is 7.11 Å². The molecule has 1 aliphatic rings. The molecule has 1 amide bonds. The molecule has 0 spiro atoms. The van der Waals surface area contributed by atoms with Crippen LogP contribution in [0.1, 0.15) is 30.5 Å². The Morgan fingerprint density at radius 2 is 2.28 bits per heavy atom. The van der Waals surface area contributed by atoms with Crippen molar-refractivity contribution < 1.29 is 9.53 Å². The van der Waals surface area contributed by atoms with Gasteiger partial charge in [-0.2, -0.15) is 0 Å². The lowest BCUT2D eigenvalue weighted by atomic mass is 10.0. The van der Waals surface area contributed by atoms with Gasteiger partial charge in [-0.25, -0.2) is 0 Å². The Bertz CT molecular complexity index is 432. The van der Waals surface area contributed by atoms with E-state index < -0.39 is 0 Å². The molecule has 1 unspecified atom stereocenters. The summed E-state index contributed by atoms with van der Waals surface area (Å²) in [7, 11) is 1.69. The zero-order chi connectivity index (χ0) is 13.0. The molecule has 0 bridgehead atoms. The summed E-state index contributed by atoms with van der Waals surface area (Å²) >= 11 is 0. The van der Waals surface area contributed by atoms with E-state index in [1.807, 2.05) is 6.07 Å². The summed E-state index contributed by atoms with van der Waals surface area (Å²) in [5.41, 5.74) is 2.40. The Kier molecular flexibility index (Phi) is 4.20. The molecule has 2 N–H and O–H groups in total. The topological polar surface area (TPSA) is 50.4 Å². The van der Waals surface area contributed by atoms with Gasteiger partial charge >= 0.3 is 0 Å². The van der Waals surface area contributed by atoms with E-state index in [1.165, 1.54) is 11.1 Å². The van der Waals surface area contributed by atoms with Crippen LogP contribution in [-0.4, -0.2) is 26.1 Å². The number of carbonyl (C=O) groups excluding carboxylic acids is 1. The number of rotatable bonds is 3.